The number of halogens is 2. The van der Waals surface area contributed by atoms with Gasteiger partial charge in [0, 0.05) is 6.20 Å². The second kappa shape index (κ2) is 8.50. The maximum Gasteiger partial charge on any atom is 0.239 e. The molecule has 0 saturated carbocycles. The fourth-order valence-electron chi connectivity index (χ4n) is 2.50. The third-order valence-electron chi connectivity index (χ3n) is 3.88. The number of ether oxygens (including phenoxy) is 2. The summed E-state index contributed by atoms with van der Waals surface area (Å²) in [6, 6.07) is 1.28. The van der Waals surface area contributed by atoms with E-state index in [1.165, 1.54) is 43.4 Å². The lowest BCUT2D eigenvalue weighted by atomic mass is 10.1. The number of nitrogens with two attached hydrogens (primary N) is 1. The Balaban J connectivity index is 1.65. The SMILES string of the molecule is COc1cc(C)c(F)c(COc2cnc(Nc3cnn(CC(N)=O)c3)nc2)c1F. The van der Waals surface area contributed by atoms with Gasteiger partial charge in [0.1, 0.15) is 19.0 Å². The van der Waals surface area contributed by atoms with Crippen molar-refractivity contribution in [1.82, 2.24) is 19.7 Å². The van der Waals surface area contributed by atoms with Crippen LogP contribution >= 0.6 is 0 Å². The number of rotatable bonds is 8. The molecular weight excluding hydrogens is 386 g/mol. The number of hydrogen-bond donors (Lipinski definition) is 2. The van der Waals surface area contributed by atoms with E-state index in [1.54, 1.807) is 6.20 Å². The molecule has 3 aromatic rings. The van der Waals surface area contributed by atoms with E-state index in [0.29, 0.717) is 5.69 Å². The van der Waals surface area contributed by atoms with E-state index in [4.69, 9.17) is 15.2 Å². The molecule has 152 valence electrons. The first-order chi connectivity index (χ1) is 13.9. The Hall–Kier alpha value is -3.76. The highest BCUT2D eigenvalue weighted by atomic mass is 19.1. The number of primary amides is 1. The summed E-state index contributed by atoms with van der Waals surface area (Å²) in [4.78, 5) is 19.0. The van der Waals surface area contributed by atoms with E-state index in [2.05, 4.69) is 20.4 Å². The van der Waals surface area contributed by atoms with Crippen LogP contribution in [-0.4, -0.2) is 32.8 Å². The van der Waals surface area contributed by atoms with Gasteiger partial charge in [-0.3, -0.25) is 9.48 Å². The van der Waals surface area contributed by atoms with Gasteiger partial charge in [-0.25, -0.2) is 18.7 Å². The number of benzene rings is 1. The van der Waals surface area contributed by atoms with Crippen LogP contribution in [0.5, 0.6) is 11.5 Å². The van der Waals surface area contributed by atoms with Gasteiger partial charge in [-0.1, -0.05) is 0 Å². The van der Waals surface area contributed by atoms with Crippen molar-refractivity contribution in [2.75, 3.05) is 12.4 Å². The highest BCUT2D eigenvalue weighted by molar-refractivity contribution is 5.73. The van der Waals surface area contributed by atoms with E-state index in [0.717, 1.165) is 0 Å². The summed E-state index contributed by atoms with van der Waals surface area (Å²) < 4.78 is 40.2. The minimum atomic E-state index is -0.817. The van der Waals surface area contributed by atoms with Crippen LogP contribution in [0.2, 0.25) is 0 Å². The Kier molecular flexibility index (Phi) is 5.86. The quantitative estimate of drug-likeness (QED) is 0.590. The second-order valence-electron chi connectivity index (χ2n) is 6.05. The molecule has 0 aliphatic carbocycles. The third-order valence-corrected chi connectivity index (χ3v) is 3.88. The van der Waals surface area contributed by atoms with Crippen molar-refractivity contribution in [2.45, 2.75) is 20.1 Å². The van der Waals surface area contributed by atoms with Crippen molar-refractivity contribution >= 4 is 17.5 Å². The van der Waals surface area contributed by atoms with Gasteiger partial charge in [0.05, 0.1) is 37.0 Å². The van der Waals surface area contributed by atoms with Crippen molar-refractivity contribution in [3.05, 3.63) is 53.6 Å². The summed E-state index contributed by atoms with van der Waals surface area (Å²) in [6.07, 6.45) is 5.75. The molecule has 11 heteroatoms. The molecule has 3 N–H and O–H groups in total. The van der Waals surface area contributed by atoms with Crippen LogP contribution in [0.4, 0.5) is 20.4 Å². The Morgan fingerprint density at radius 1 is 1.24 bits per heavy atom. The predicted molar refractivity (Wildman–Crippen MR) is 98.7 cm³/mol. The number of aromatic nitrogens is 4. The van der Waals surface area contributed by atoms with Gasteiger partial charge in [-0.15, -0.1) is 0 Å². The second-order valence-corrected chi connectivity index (χ2v) is 6.05. The van der Waals surface area contributed by atoms with Crippen LogP contribution < -0.4 is 20.5 Å². The Morgan fingerprint density at radius 2 is 1.97 bits per heavy atom. The first-order valence-electron chi connectivity index (χ1n) is 8.41. The van der Waals surface area contributed by atoms with Crippen LogP contribution in [0.15, 0.2) is 30.9 Å². The molecular formula is C18H18F2N6O3. The minimum Gasteiger partial charge on any atom is -0.494 e. The van der Waals surface area contributed by atoms with E-state index in [1.807, 2.05) is 0 Å². The summed E-state index contributed by atoms with van der Waals surface area (Å²) in [5, 5.41) is 6.85. The maximum atomic E-state index is 14.3. The van der Waals surface area contributed by atoms with Crippen LogP contribution in [0.1, 0.15) is 11.1 Å². The summed E-state index contributed by atoms with van der Waals surface area (Å²) in [7, 11) is 1.30. The van der Waals surface area contributed by atoms with Crippen molar-refractivity contribution in [3.63, 3.8) is 0 Å². The molecule has 2 aromatic heterocycles. The Bertz CT molecular complexity index is 1020. The minimum absolute atomic E-state index is 0.0494. The number of nitrogens with one attached hydrogen (secondary N) is 1. The summed E-state index contributed by atoms with van der Waals surface area (Å²) in [5.41, 5.74) is 5.66. The number of carbonyl (C=O) groups is 1. The Labute approximate surface area is 164 Å². The number of aryl methyl sites for hydroxylation is 1. The van der Waals surface area contributed by atoms with E-state index < -0.39 is 17.5 Å². The monoisotopic (exact) mass is 404 g/mol. The van der Waals surface area contributed by atoms with Gasteiger partial charge in [-0.2, -0.15) is 5.10 Å². The number of methoxy groups -OCH3 is 1. The molecule has 29 heavy (non-hydrogen) atoms. The Morgan fingerprint density at radius 3 is 2.62 bits per heavy atom. The number of anilines is 2. The molecule has 3 rings (SSSR count). The smallest absolute Gasteiger partial charge is 0.239 e. The van der Waals surface area contributed by atoms with E-state index >= 15 is 0 Å². The lowest BCUT2D eigenvalue weighted by molar-refractivity contribution is -0.118. The van der Waals surface area contributed by atoms with Gasteiger partial charge >= 0.3 is 0 Å². The first kappa shape index (κ1) is 20.0. The molecule has 0 unspecified atom stereocenters. The zero-order valence-corrected chi connectivity index (χ0v) is 15.6. The van der Waals surface area contributed by atoms with Crippen LogP contribution in [0, 0.1) is 18.6 Å². The normalized spacial score (nSPS) is 10.6. The standard InChI is InChI=1S/C18H18F2N6O3/c1-10-3-14(28-2)17(20)13(16(10)19)9-29-12-5-22-18(23-6-12)25-11-4-24-26(7-11)8-15(21)27/h3-7H,8-9H2,1-2H3,(H2,21,27)(H,22,23,25). The maximum absolute atomic E-state index is 14.3. The highest BCUT2D eigenvalue weighted by Gasteiger charge is 2.18. The van der Waals surface area contributed by atoms with Crippen LogP contribution in [0.3, 0.4) is 0 Å². The lowest BCUT2D eigenvalue weighted by Crippen LogP contribution is -2.18. The van der Waals surface area contributed by atoms with Gasteiger partial charge in [0.25, 0.3) is 0 Å². The van der Waals surface area contributed by atoms with Crippen molar-refractivity contribution < 1.29 is 23.0 Å². The highest BCUT2D eigenvalue weighted by Crippen LogP contribution is 2.27. The summed E-state index contributed by atoms with van der Waals surface area (Å²) in [6.45, 7) is 1.11. The molecule has 0 fully saturated rings. The first-order valence-corrected chi connectivity index (χ1v) is 8.41. The van der Waals surface area contributed by atoms with Crippen LogP contribution in [-0.2, 0) is 17.9 Å². The molecule has 1 aromatic carbocycles. The van der Waals surface area contributed by atoms with Crippen molar-refractivity contribution in [1.29, 1.82) is 0 Å². The third kappa shape index (κ3) is 4.75. The fraction of sp³-hybridized carbons (Fsp3) is 0.222. The van der Waals surface area contributed by atoms with E-state index in [-0.39, 0.29) is 41.7 Å². The summed E-state index contributed by atoms with van der Waals surface area (Å²) >= 11 is 0. The largest absolute Gasteiger partial charge is 0.494 e. The van der Waals surface area contributed by atoms with Crippen LogP contribution in [0.25, 0.3) is 0 Å². The average Bonchev–Trinajstić information content (AvgIpc) is 3.12. The zero-order valence-electron chi connectivity index (χ0n) is 15.6. The van der Waals surface area contributed by atoms with E-state index in [9.17, 15) is 13.6 Å². The molecule has 1 amide bonds. The van der Waals surface area contributed by atoms with Gasteiger partial charge in [-0.05, 0) is 18.6 Å². The molecule has 0 atom stereocenters. The zero-order chi connectivity index (χ0) is 21.0. The van der Waals surface area contributed by atoms with Crippen molar-refractivity contribution in [3.8, 4) is 11.5 Å². The summed E-state index contributed by atoms with van der Waals surface area (Å²) in [5.74, 6) is -1.63. The molecule has 0 spiro atoms. The molecule has 0 saturated heterocycles. The molecule has 0 radical (unpaired) electrons. The number of nitrogens with zero attached hydrogens (tertiary/aromatic N) is 4. The number of amides is 1. The van der Waals surface area contributed by atoms with Gasteiger partial charge < -0.3 is 20.5 Å². The number of hydrogen-bond acceptors (Lipinski definition) is 7. The molecule has 2 heterocycles. The molecule has 9 nitrogen and oxygen atoms in total. The van der Waals surface area contributed by atoms with Gasteiger partial charge in [0.2, 0.25) is 11.9 Å². The molecule has 0 aliphatic rings. The average molecular weight is 404 g/mol. The topological polar surface area (TPSA) is 117 Å². The molecule has 0 aliphatic heterocycles. The number of carbonyl (C=O) groups excluding carboxylic acids is 1. The van der Waals surface area contributed by atoms with Gasteiger partial charge in [0.15, 0.2) is 17.3 Å². The lowest BCUT2D eigenvalue weighted by Gasteiger charge is -2.12. The predicted octanol–water partition coefficient (Wildman–Crippen LogP) is 2.08. The molecule has 0 bridgehead atoms. The fourth-order valence-corrected chi connectivity index (χ4v) is 2.50. The van der Waals surface area contributed by atoms with Crippen molar-refractivity contribution in [2.24, 2.45) is 5.73 Å².